The second-order valence-electron chi connectivity index (χ2n) is 5.90. The maximum atomic E-state index is 12.2. The molecule has 1 fully saturated rings. The van der Waals surface area contributed by atoms with Crippen molar-refractivity contribution < 1.29 is 53.1 Å². The van der Waals surface area contributed by atoms with Crippen LogP contribution in [0.5, 0.6) is 11.5 Å². The quantitative estimate of drug-likeness (QED) is 0.303. The first kappa shape index (κ1) is 23.1. The van der Waals surface area contributed by atoms with Gasteiger partial charge < -0.3 is 0 Å². The summed E-state index contributed by atoms with van der Waals surface area (Å²) in [7, 11) is -7.21. The van der Waals surface area contributed by atoms with Crippen LogP contribution in [0, 0.1) is 0 Å². The Bertz CT molecular complexity index is 749. The molecule has 2 rings (SSSR count). The molecule has 0 radical (unpaired) electrons. The van der Waals surface area contributed by atoms with Crippen molar-refractivity contribution in [3.8, 4) is 11.5 Å². The van der Waals surface area contributed by atoms with Crippen molar-refractivity contribution in [2.24, 2.45) is 0 Å². The van der Waals surface area contributed by atoms with Gasteiger partial charge in [-0.2, -0.15) is 0 Å². The second-order valence-corrected chi connectivity index (χ2v) is 22.4. The Labute approximate surface area is 157 Å². The number of methoxy groups -OCH3 is 1. The summed E-state index contributed by atoms with van der Waals surface area (Å²) in [6.07, 6.45) is -7.35. The van der Waals surface area contributed by atoms with E-state index >= 15 is 0 Å². The third-order valence-corrected chi connectivity index (χ3v) is 22.6. The SMILES string of the molecule is COc1ccc(O[C@@H]2O[C@H](CP(=O)(O)P(=O)(O)[PH](O)(O)P)[C@@H](O)[C@H]2O)cc1. The van der Waals surface area contributed by atoms with Crippen molar-refractivity contribution >= 4 is 29.8 Å². The van der Waals surface area contributed by atoms with Crippen LogP contribution in [0.25, 0.3) is 0 Å². The average molecular weight is 466 g/mol. The predicted molar refractivity (Wildman–Crippen MR) is 101 cm³/mol. The summed E-state index contributed by atoms with van der Waals surface area (Å²) in [6.45, 7) is -5.28. The summed E-state index contributed by atoms with van der Waals surface area (Å²) in [6, 6.07) is 6.14. The van der Waals surface area contributed by atoms with Crippen LogP contribution in [0.15, 0.2) is 24.3 Å². The maximum absolute atomic E-state index is 12.2. The van der Waals surface area contributed by atoms with E-state index in [4.69, 9.17) is 14.2 Å². The summed E-state index contributed by atoms with van der Waals surface area (Å²) in [4.78, 5) is 38.3. The molecule has 1 aliphatic rings. The predicted octanol–water partition coefficient (Wildman–Crippen LogP) is 0.246. The Morgan fingerprint density at radius 1 is 1.11 bits per heavy atom. The minimum atomic E-state index is -5.28. The molecule has 6 N–H and O–H groups in total. The molecule has 7 atom stereocenters. The van der Waals surface area contributed by atoms with Crippen LogP contribution in [0.4, 0.5) is 0 Å². The van der Waals surface area contributed by atoms with E-state index in [0.29, 0.717) is 5.75 Å². The van der Waals surface area contributed by atoms with Gasteiger partial charge in [0.1, 0.15) is 0 Å². The third-order valence-electron chi connectivity index (χ3n) is 3.90. The molecule has 3 unspecified atom stereocenters. The van der Waals surface area contributed by atoms with Crippen LogP contribution in [-0.2, 0) is 13.9 Å². The van der Waals surface area contributed by atoms with Gasteiger partial charge in [-0.15, -0.1) is 0 Å². The number of aliphatic hydroxyl groups excluding tert-OH is 2. The van der Waals surface area contributed by atoms with E-state index in [9.17, 15) is 38.9 Å². The Kier molecular flexibility index (Phi) is 7.12. The molecule has 1 aromatic rings. The van der Waals surface area contributed by atoms with Crippen molar-refractivity contribution in [3.05, 3.63) is 24.3 Å². The van der Waals surface area contributed by atoms with Gasteiger partial charge in [-0.3, -0.25) is 0 Å². The Hall–Kier alpha value is -0.140. The Morgan fingerprint density at radius 2 is 1.63 bits per heavy atom. The van der Waals surface area contributed by atoms with Gasteiger partial charge in [0.05, 0.1) is 7.11 Å². The molecule has 1 heterocycles. The number of ether oxygens (including phenoxy) is 3. The zero-order valence-corrected chi connectivity index (χ0v) is 18.0. The first-order chi connectivity index (χ1) is 12.3. The van der Waals surface area contributed by atoms with Gasteiger partial charge in [0, 0.05) is 0 Å². The fraction of sp³-hybridized carbons (Fsp3) is 0.500. The van der Waals surface area contributed by atoms with Crippen molar-refractivity contribution in [1.82, 2.24) is 0 Å². The van der Waals surface area contributed by atoms with Gasteiger partial charge >= 0.3 is 149 Å². The van der Waals surface area contributed by atoms with Crippen LogP contribution < -0.4 is 9.47 Å². The second kappa shape index (κ2) is 8.31. The van der Waals surface area contributed by atoms with E-state index in [1.165, 1.54) is 28.2 Å². The summed E-state index contributed by atoms with van der Waals surface area (Å²) in [5.41, 5.74) is 0. The van der Waals surface area contributed by atoms with E-state index < -0.39 is 51.7 Å². The van der Waals surface area contributed by atoms with Crippen LogP contribution in [0.3, 0.4) is 0 Å². The fourth-order valence-electron chi connectivity index (χ4n) is 2.33. The number of hydrogen-bond acceptors (Lipinski definition) is 9. The van der Waals surface area contributed by atoms with Crippen LogP contribution in [0.1, 0.15) is 0 Å². The topological polar surface area (TPSA) is 183 Å². The Balaban J connectivity index is 2.11. The zero-order valence-electron chi connectivity index (χ0n) is 14.0. The molecule has 11 nitrogen and oxygen atoms in total. The molecule has 0 saturated carbocycles. The molecule has 0 aromatic heterocycles. The number of hydrogen-bond donors (Lipinski definition) is 6. The van der Waals surface area contributed by atoms with E-state index in [2.05, 4.69) is 0 Å². The van der Waals surface area contributed by atoms with Gasteiger partial charge in [0.25, 0.3) is 0 Å². The monoisotopic (exact) mass is 466 g/mol. The fourth-order valence-corrected chi connectivity index (χ4v) is 16.1. The van der Waals surface area contributed by atoms with Gasteiger partial charge in [-0.05, 0) is 0 Å². The van der Waals surface area contributed by atoms with Crippen LogP contribution in [0.2, 0.25) is 0 Å². The standard InChI is InChI=1S/C12H22O11P4/c1-21-7-2-4-8(5-3-7)22-12-11(14)10(13)9(23-12)6-25(15,16)27(19,20)26(17,18)24/h2-5,9-14,17-18,26H,6,24H2,1H3,(H,15,16)(H,19,20)/t9-,10-,11-,12-/m1/s1. The molecular formula is C12H22O11P4. The summed E-state index contributed by atoms with van der Waals surface area (Å²) < 4.78 is 39.8. The van der Waals surface area contributed by atoms with Crippen molar-refractivity contribution in [3.63, 3.8) is 0 Å². The van der Waals surface area contributed by atoms with Crippen molar-refractivity contribution in [2.45, 2.75) is 24.6 Å². The summed E-state index contributed by atoms with van der Waals surface area (Å²) >= 11 is 0. The van der Waals surface area contributed by atoms with Gasteiger partial charge in [0.2, 0.25) is 0 Å². The van der Waals surface area contributed by atoms with E-state index in [-0.39, 0.29) is 5.75 Å². The molecule has 156 valence electrons. The molecule has 0 amide bonds. The summed E-state index contributed by atoms with van der Waals surface area (Å²) in [5, 5.41) is 20.1. The first-order valence-electron chi connectivity index (χ1n) is 7.51. The molecule has 0 bridgehead atoms. The van der Waals surface area contributed by atoms with Gasteiger partial charge in [-0.1, -0.05) is 0 Å². The molecule has 15 heteroatoms. The van der Waals surface area contributed by atoms with Crippen molar-refractivity contribution in [1.29, 1.82) is 0 Å². The normalized spacial score (nSPS) is 31.0. The molecular weight excluding hydrogens is 444 g/mol. The molecule has 1 aliphatic heterocycles. The van der Waals surface area contributed by atoms with E-state index in [1.807, 2.05) is 0 Å². The molecule has 27 heavy (non-hydrogen) atoms. The Morgan fingerprint density at radius 3 is 2.11 bits per heavy atom. The molecule has 0 spiro atoms. The zero-order chi connectivity index (χ0) is 20.6. The van der Waals surface area contributed by atoms with Gasteiger partial charge in [0.15, 0.2) is 0 Å². The summed E-state index contributed by atoms with van der Waals surface area (Å²) in [5.74, 6) is 0.793. The minimum absolute atomic E-state index is 0.245. The van der Waals surface area contributed by atoms with Gasteiger partial charge in [-0.25, -0.2) is 0 Å². The van der Waals surface area contributed by atoms with Crippen molar-refractivity contribution in [2.75, 3.05) is 13.3 Å². The van der Waals surface area contributed by atoms with Crippen LogP contribution in [-0.4, -0.2) is 67.7 Å². The average Bonchev–Trinajstić information content (AvgIpc) is 2.82. The number of rotatable bonds is 7. The van der Waals surface area contributed by atoms with Crippen LogP contribution >= 0.6 is 29.8 Å². The molecule has 0 aliphatic carbocycles. The number of aliphatic hydroxyl groups is 2. The van der Waals surface area contributed by atoms with E-state index in [0.717, 1.165) is 0 Å². The third kappa shape index (κ3) is 4.89. The number of benzene rings is 1. The molecule has 1 aromatic carbocycles. The van der Waals surface area contributed by atoms with E-state index in [1.54, 1.807) is 12.1 Å². The first-order valence-corrected chi connectivity index (χ1v) is 16.3. The molecule has 1 saturated heterocycles.